The van der Waals surface area contributed by atoms with Gasteiger partial charge in [-0.25, -0.2) is 0 Å². The average molecular weight is 306 g/mol. The molecule has 92 valence electrons. The van der Waals surface area contributed by atoms with Gasteiger partial charge in [0.25, 0.3) is 0 Å². The highest BCUT2D eigenvalue weighted by Crippen LogP contribution is 2.33. The number of methoxy groups -OCH3 is 1. The molecule has 0 saturated carbocycles. The quantitative estimate of drug-likeness (QED) is 0.946. The third-order valence-corrected chi connectivity index (χ3v) is 3.17. The van der Waals surface area contributed by atoms with Crippen LogP contribution < -0.4 is 10.5 Å². The lowest BCUT2D eigenvalue weighted by Crippen LogP contribution is -2.12. The molecule has 0 bridgehead atoms. The largest absolute Gasteiger partial charge is 0.496 e. The van der Waals surface area contributed by atoms with Gasteiger partial charge in [0.05, 0.1) is 12.7 Å². The SMILES string of the molecule is COc1cccc(C(N)=O)c1-c1ccc(Br)cc1. The summed E-state index contributed by atoms with van der Waals surface area (Å²) in [7, 11) is 1.57. The van der Waals surface area contributed by atoms with Crippen molar-refractivity contribution < 1.29 is 9.53 Å². The Labute approximate surface area is 114 Å². The Balaban J connectivity index is 2.67. The van der Waals surface area contributed by atoms with Crippen LogP contribution in [0.4, 0.5) is 0 Å². The fraction of sp³-hybridized carbons (Fsp3) is 0.0714. The number of hydrogen-bond donors (Lipinski definition) is 1. The Morgan fingerprint density at radius 2 is 1.83 bits per heavy atom. The zero-order chi connectivity index (χ0) is 13.1. The molecule has 3 nitrogen and oxygen atoms in total. The lowest BCUT2D eigenvalue weighted by atomic mass is 9.98. The second-order valence-electron chi connectivity index (χ2n) is 3.75. The van der Waals surface area contributed by atoms with E-state index in [9.17, 15) is 4.79 Å². The van der Waals surface area contributed by atoms with E-state index < -0.39 is 5.91 Å². The molecule has 0 radical (unpaired) electrons. The number of amides is 1. The van der Waals surface area contributed by atoms with E-state index in [0.29, 0.717) is 11.3 Å². The molecule has 2 aromatic rings. The maximum absolute atomic E-state index is 11.5. The normalized spacial score (nSPS) is 10.1. The van der Waals surface area contributed by atoms with Gasteiger partial charge < -0.3 is 10.5 Å². The van der Waals surface area contributed by atoms with Crippen LogP contribution in [0.3, 0.4) is 0 Å². The van der Waals surface area contributed by atoms with Gasteiger partial charge in [-0.1, -0.05) is 34.1 Å². The number of benzene rings is 2. The molecule has 2 rings (SSSR count). The van der Waals surface area contributed by atoms with Crippen LogP contribution in [-0.2, 0) is 0 Å². The second-order valence-corrected chi connectivity index (χ2v) is 4.67. The number of halogens is 1. The summed E-state index contributed by atoms with van der Waals surface area (Å²) in [6.45, 7) is 0. The lowest BCUT2D eigenvalue weighted by molar-refractivity contribution is 0.100. The van der Waals surface area contributed by atoms with Gasteiger partial charge in [-0.05, 0) is 29.8 Å². The van der Waals surface area contributed by atoms with Gasteiger partial charge in [-0.15, -0.1) is 0 Å². The van der Waals surface area contributed by atoms with Gasteiger partial charge in [-0.3, -0.25) is 4.79 Å². The van der Waals surface area contributed by atoms with E-state index >= 15 is 0 Å². The van der Waals surface area contributed by atoms with Crippen molar-refractivity contribution in [1.82, 2.24) is 0 Å². The predicted octanol–water partition coefficient (Wildman–Crippen LogP) is 3.22. The Bertz CT molecular complexity index is 579. The standard InChI is InChI=1S/C14H12BrNO2/c1-18-12-4-2-3-11(14(16)17)13(12)9-5-7-10(15)8-6-9/h2-8H,1H3,(H2,16,17). The molecular weight excluding hydrogens is 294 g/mol. The highest BCUT2D eigenvalue weighted by Gasteiger charge is 2.14. The Kier molecular flexibility index (Phi) is 3.67. The van der Waals surface area contributed by atoms with Crippen molar-refractivity contribution in [1.29, 1.82) is 0 Å². The van der Waals surface area contributed by atoms with Crippen LogP contribution in [0, 0.1) is 0 Å². The molecule has 0 aliphatic heterocycles. The first kappa shape index (κ1) is 12.6. The monoisotopic (exact) mass is 305 g/mol. The molecule has 2 aromatic carbocycles. The molecule has 0 aliphatic carbocycles. The predicted molar refractivity (Wildman–Crippen MR) is 74.6 cm³/mol. The molecule has 0 saturated heterocycles. The number of primary amides is 1. The van der Waals surface area contributed by atoms with Gasteiger partial charge in [0.15, 0.2) is 0 Å². The van der Waals surface area contributed by atoms with E-state index in [1.165, 1.54) is 0 Å². The summed E-state index contributed by atoms with van der Waals surface area (Å²) < 4.78 is 6.28. The van der Waals surface area contributed by atoms with Crippen LogP contribution in [-0.4, -0.2) is 13.0 Å². The number of hydrogen-bond acceptors (Lipinski definition) is 2. The van der Waals surface area contributed by atoms with Crippen LogP contribution in [0.2, 0.25) is 0 Å². The first-order valence-corrected chi connectivity index (χ1v) is 6.15. The van der Waals surface area contributed by atoms with E-state index in [0.717, 1.165) is 15.6 Å². The molecular formula is C14H12BrNO2. The second kappa shape index (κ2) is 5.23. The zero-order valence-corrected chi connectivity index (χ0v) is 11.4. The van der Waals surface area contributed by atoms with Gasteiger partial charge in [0.1, 0.15) is 5.75 Å². The van der Waals surface area contributed by atoms with E-state index in [1.807, 2.05) is 30.3 Å². The molecule has 18 heavy (non-hydrogen) atoms. The Hall–Kier alpha value is -1.81. The number of carbonyl (C=O) groups excluding carboxylic acids is 1. The van der Waals surface area contributed by atoms with Gasteiger partial charge in [-0.2, -0.15) is 0 Å². The number of nitrogens with two attached hydrogens (primary N) is 1. The van der Waals surface area contributed by atoms with E-state index in [1.54, 1.807) is 19.2 Å². The minimum Gasteiger partial charge on any atom is -0.496 e. The average Bonchev–Trinajstić information content (AvgIpc) is 2.38. The number of carbonyl (C=O) groups is 1. The van der Waals surface area contributed by atoms with Gasteiger partial charge in [0.2, 0.25) is 5.91 Å². The van der Waals surface area contributed by atoms with Gasteiger partial charge in [0, 0.05) is 10.0 Å². The Morgan fingerprint density at radius 1 is 1.17 bits per heavy atom. The fourth-order valence-electron chi connectivity index (χ4n) is 1.82. The molecule has 2 N–H and O–H groups in total. The van der Waals surface area contributed by atoms with E-state index in [-0.39, 0.29) is 0 Å². The van der Waals surface area contributed by atoms with Crippen molar-refractivity contribution in [2.75, 3.05) is 7.11 Å². The van der Waals surface area contributed by atoms with Crippen molar-refractivity contribution in [2.24, 2.45) is 5.73 Å². The summed E-state index contributed by atoms with van der Waals surface area (Å²) in [5, 5.41) is 0. The summed E-state index contributed by atoms with van der Waals surface area (Å²) in [5.41, 5.74) is 7.47. The molecule has 0 atom stereocenters. The van der Waals surface area contributed by atoms with Gasteiger partial charge >= 0.3 is 0 Å². The molecule has 1 amide bonds. The van der Waals surface area contributed by atoms with Crippen molar-refractivity contribution in [3.63, 3.8) is 0 Å². The molecule has 0 heterocycles. The van der Waals surface area contributed by atoms with Crippen LogP contribution >= 0.6 is 15.9 Å². The topological polar surface area (TPSA) is 52.3 Å². The lowest BCUT2D eigenvalue weighted by Gasteiger charge is -2.12. The zero-order valence-electron chi connectivity index (χ0n) is 9.81. The minimum atomic E-state index is -0.466. The molecule has 4 heteroatoms. The van der Waals surface area contributed by atoms with Crippen LogP contribution in [0.15, 0.2) is 46.9 Å². The minimum absolute atomic E-state index is 0.455. The van der Waals surface area contributed by atoms with Crippen molar-refractivity contribution in [3.8, 4) is 16.9 Å². The smallest absolute Gasteiger partial charge is 0.249 e. The Morgan fingerprint density at radius 3 is 2.39 bits per heavy atom. The summed E-state index contributed by atoms with van der Waals surface area (Å²) in [6.07, 6.45) is 0. The maximum atomic E-state index is 11.5. The maximum Gasteiger partial charge on any atom is 0.249 e. The van der Waals surface area contributed by atoms with Crippen molar-refractivity contribution in [2.45, 2.75) is 0 Å². The van der Waals surface area contributed by atoms with E-state index in [4.69, 9.17) is 10.5 Å². The number of rotatable bonds is 3. The third kappa shape index (κ3) is 2.38. The third-order valence-electron chi connectivity index (χ3n) is 2.64. The van der Waals surface area contributed by atoms with Crippen LogP contribution in [0.5, 0.6) is 5.75 Å². The van der Waals surface area contributed by atoms with Crippen LogP contribution in [0.1, 0.15) is 10.4 Å². The molecule has 0 spiro atoms. The molecule has 0 unspecified atom stereocenters. The first-order valence-electron chi connectivity index (χ1n) is 5.36. The summed E-state index contributed by atoms with van der Waals surface area (Å²) in [4.78, 5) is 11.5. The summed E-state index contributed by atoms with van der Waals surface area (Å²) in [6, 6.07) is 12.9. The van der Waals surface area contributed by atoms with E-state index in [2.05, 4.69) is 15.9 Å². The van der Waals surface area contributed by atoms with Crippen LogP contribution in [0.25, 0.3) is 11.1 Å². The molecule has 0 aliphatic rings. The highest BCUT2D eigenvalue weighted by molar-refractivity contribution is 9.10. The molecule has 0 aromatic heterocycles. The van der Waals surface area contributed by atoms with Crippen molar-refractivity contribution in [3.05, 3.63) is 52.5 Å². The fourth-order valence-corrected chi connectivity index (χ4v) is 2.09. The highest BCUT2D eigenvalue weighted by atomic mass is 79.9. The van der Waals surface area contributed by atoms with Crippen molar-refractivity contribution >= 4 is 21.8 Å². The summed E-state index contributed by atoms with van der Waals surface area (Å²) in [5.74, 6) is 0.167. The summed E-state index contributed by atoms with van der Waals surface area (Å²) >= 11 is 3.38. The molecule has 0 fully saturated rings. The number of ether oxygens (including phenoxy) is 1. The first-order chi connectivity index (χ1) is 8.63.